The van der Waals surface area contributed by atoms with Gasteiger partial charge < -0.3 is 9.73 Å². The van der Waals surface area contributed by atoms with Crippen molar-refractivity contribution in [2.75, 3.05) is 0 Å². The molecule has 0 bridgehead atoms. The van der Waals surface area contributed by atoms with E-state index in [9.17, 15) is 4.79 Å². The molecule has 35 heavy (non-hydrogen) atoms. The van der Waals surface area contributed by atoms with Crippen molar-refractivity contribution in [1.29, 1.82) is 0 Å². The van der Waals surface area contributed by atoms with E-state index < -0.39 is 0 Å². The Morgan fingerprint density at radius 3 is 2.34 bits per heavy atom. The molecule has 0 aliphatic carbocycles. The smallest absolute Gasteiger partial charge is 0.270 e. The van der Waals surface area contributed by atoms with Gasteiger partial charge in [0.25, 0.3) is 5.91 Å². The lowest BCUT2D eigenvalue weighted by atomic mass is 9.98. The zero-order valence-corrected chi connectivity index (χ0v) is 19.8. The van der Waals surface area contributed by atoms with E-state index in [1.54, 1.807) is 17.0 Å². The molecule has 1 N–H and O–H groups in total. The van der Waals surface area contributed by atoms with Gasteiger partial charge in [0.2, 0.25) is 0 Å². The number of hydrogen-bond acceptors (Lipinski definition) is 3. The van der Waals surface area contributed by atoms with Crippen molar-refractivity contribution in [3.8, 4) is 17.1 Å². The van der Waals surface area contributed by atoms with Gasteiger partial charge in [-0.15, -0.1) is 0 Å². The molecule has 1 unspecified atom stereocenters. The number of furan rings is 1. The molecule has 0 spiro atoms. The lowest BCUT2D eigenvalue weighted by molar-refractivity contribution is 0.0928. The summed E-state index contributed by atoms with van der Waals surface area (Å²) in [6.07, 6.45) is 2.29. The number of aromatic nitrogens is 2. The van der Waals surface area contributed by atoms with Crippen LogP contribution in [0, 0.1) is 13.8 Å². The lowest BCUT2D eigenvalue weighted by Gasteiger charge is -2.20. The van der Waals surface area contributed by atoms with Gasteiger partial charge in [0.1, 0.15) is 11.4 Å². The van der Waals surface area contributed by atoms with E-state index in [0.29, 0.717) is 23.6 Å². The molecule has 5 rings (SSSR count). The molecular weight excluding hydrogens is 434 g/mol. The number of rotatable bonds is 7. The molecule has 174 valence electrons. The number of carbonyl (C=O) groups is 1. The molecule has 0 fully saturated rings. The molecule has 5 nitrogen and oxygen atoms in total. The zero-order valence-electron chi connectivity index (χ0n) is 19.8. The second-order valence-electron chi connectivity index (χ2n) is 8.72. The van der Waals surface area contributed by atoms with Crippen LogP contribution in [0.25, 0.3) is 17.1 Å². The molecular formula is C30H27N3O2. The first-order chi connectivity index (χ1) is 17.1. The second kappa shape index (κ2) is 9.85. The van der Waals surface area contributed by atoms with Gasteiger partial charge in [-0.3, -0.25) is 4.79 Å². The number of aryl methyl sites for hydroxylation is 2. The van der Waals surface area contributed by atoms with Gasteiger partial charge in [-0.05, 0) is 55.2 Å². The first-order valence-corrected chi connectivity index (χ1v) is 11.7. The maximum Gasteiger partial charge on any atom is 0.270 e. The molecule has 0 saturated carbocycles. The number of benzene rings is 3. The monoisotopic (exact) mass is 461 g/mol. The average molecular weight is 462 g/mol. The third kappa shape index (κ3) is 4.94. The van der Waals surface area contributed by atoms with Crippen molar-refractivity contribution in [3.63, 3.8) is 0 Å². The van der Waals surface area contributed by atoms with E-state index in [1.807, 2.05) is 79.7 Å². The normalized spacial score (nSPS) is 11.8. The average Bonchev–Trinajstić information content (AvgIpc) is 3.55. The summed E-state index contributed by atoms with van der Waals surface area (Å²) in [5, 5.41) is 8.03. The Labute approximate surface area is 205 Å². The third-order valence-electron chi connectivity index (χ3n) is 6.09. The van der Waals surface area contributed by atoms with Gasteiger partial charge in [0, 0.05) is 6.07 Å². The van der Waals surface area contributed by atoms with Crippen molar-refractivity contribution in [2.24, 2.45) is 0 Å². The van der Waals surface area contributed by atoms with Crippen molar-refractivity contribution in [3.05, 3.63) is 131 Å². The van der Waals surface area contributed by atoms with Crippen molar-refractivity contribution in [2.45, 2.75) is 26.3 Å². The minimum absolute atomic E-state index is 0.194. The van der Waals surface area contributed by atoms with Crippen LogP contribution in [-0.2, 0) is 6.42 Å². The Hall–Kier alpha value is -4.38. The highest BCUT2D eigenvalue weighted by atomic mass is 16.3. The predicted molar refractivity (Wildman–Crippen MR) is 138 cm³/mol. The van der Waals surface area contributed by atoms with Crippen LogP contribution in [0.15, 0.2) is 108 Å². The van der Waals surface area contributed by atoms with E-state index >= 15 is 0 Å². The van der Waals surface area contributed by atoms with Crippen LogP contribution >= 0.6 is 0 Å². The van der Waals surface area contributed by atoms with Crippen LogP contribution < -0.4 is 5.32 Å². The Morgan fingerprint density at radius 2 is 1.66 bits per heavy atom. The summed E-state index contributed by atoms with van der Waals surface area (Å²) in [5.41, 5.74) is 6.32. The maximum atomic E-state index is 13.8. The molecule has 5 heteroatoms. The van der Waals surface area contributed by atoms with Crippen LogP contribution in [0.3, 0.4) is 0 Å². The highest BCUT2D eigenvalue weighted by Crippen LogP contribution is 2.26. The fraction of sp³-hybridized carbons (Fsp3) is 0.133. The predicted octanol–water partition coefficient (Wildman–Crippen LogP) is 6.46. The molecule has 0 saturated heterocycles. The summed E-state index contributed by atoms with van der Waals surface area (Å²) in [6, 6.07) is 31.6. The Kier molecular flexibility index (Phi) is 6.31. The van der Waals surface area contributed by atoms with Crippen LogP contribution in [0.1, 0.15) is 38.8 Å². The third-order valence-corrected chi connectivity index (χ3v) is 6.09. The first kappa shape index (κ1) is 22.4. The summed E-state index contributed by atoms with van der Waals surface area (Å²) in [4.78, 5) is 13.8. The van der Waals surface area contributed by atoms with Gasteiger partial charge in [-0.1, -0.05) is 78.4 Å². The fourth-order valence-electron chi connectivity index (χ4n) is 4.33. The van der Waals surface area contributed by atoms with E-state index in [4.69, 9.17) is 9.52 Å². The molecule has 0 aliphatic heterocycles. The van der Waals surface area contributed by atoms with Gasteiger partial charge in [-0.2, -0.15) is 5.10 Å². The summed E-state index contributed by atoms with van der Waals surface area (Å²) in [6.45, 7) is 4.08. The van der Waals surface area contributed by atoms with E-state index in [0.717, 1.165) is 27.9 Å². The fourth-order valence-corrected chi connectivity index (χ4v) is 4.33. The topological polar surface area (TPSA) is 60.1 Å². The van der Waals surface area contributed by atoms with Gasteiger partial charge in [-0.25, -0.2) is 4.68 Å². The van der Waals surface area contributed by atoms with E-state index in [-0.39, 0.29) is 11.9 Å². The summed E-state index contributed by atoms with van der Waals surface area (Å²) >= 11 is 0. The molecule has 1 amide bonds. The van der Waals surface area contributed by atoms with Crippen LogP contribution in [0.5, 0.6) is 0 Å². The van der Waals surface area contributed by atoms with Crippen LogP contribution in [0.2, 0.25) is 0 Å². The second-order valence-corrected chi connectivity index (χ2v) is 8.72. The highest BCUT2D eigenvalue weighted by molar-refractivity contribution is 5.94. The molecule has 3 aromatic carbocycles. The highest BCUT2D eigenvalue weighted by Gasteiger charge is 2.23. The van der Waals surface area contributed by atoms with Crippen molar-refractivity contribution < 1.29 is 9.21 Å². The number of hydrogen-bond donors (Lipinski definition) is 1. The summed E-state index contributed by atoms with van der Waals surface area (Å²) in [5.74, 6) is 0.423. The van der Waals surface area contributed by atoms with E-state index in [2.05, 4.69) is 30.4 Å². The van der Waals surface area contributed by atoms with Crippen LogP contribution in [-0.4, -0.2) is 15.7 Å². The largest absolute Gasteiger partial charge is 0.463 e. The minimum Gasteiger partial charge on any atom is -0.463 e. The van der Waals surface area contributed by atoms with Crippen molar-refractivity contribution >= 4 is 5.91 Å². The number of carbonyl (C=O) groups excluding carboxylic acids is 1. The molecule has 0 radical (unpaired) electrons. The number of amides is 1. The standard InChI is InChI=1S/C30H27N3O2/c1-21-15-16-27(22(2)18-21)33-28(20-26(32-33)29-14-9-17-35-29)30(34)31-25(24-12-7-4-8-13-24)19-23-10-5-3-6-11-23/h3-18,20,25H,19H2,1-2H3,(H,31,34). The Morgan fingerprint density at radius 1 is 0.914 bits per heavy atom. The van der Waals surface area contributed by atoms with Gasteiger partial charge in [0.15, 0.2) is 5.76 Å². The lowest BCUT2D eigenvalue weighted by Crippen LogP contribution is -2.31. The van der Waals surface area contributed by atoms with Gasteiger partial charge >= 0.3 is 0 Å². The number of nitrogens with one attached hydrogen (secondary N) is 1. The summed E-state index contributed by atoms with van der Waals surface area (Å²) in [7, 11) is 0. The molecule has 5 aromatic rings. The SMILES string of the molecule is Cc1ccc(-n2nc(-c3ccco3)cc2C(=O)NC(Cc2ccccc2)c2ccccc2)c(C)c1. The number of nitrogens with zero attached hydrogens (tertiary/aromatic N) is 2. The zero-order chi connectivity index (χ0) is 24.2. The molecule has 2 aromatic heterocycles. The Balaban J connectivity index is 1.53. The molecule has 2 heterocycles. The maximum absolute atomic E-state index is 13.8. The minimum atomic E-state index is -0.194. The van der Waals surface area contributed by atoms with E-state index in [1.165, 1.54) is 0 Å². The first-order valence-electron chi connectivity index (χ1n) is 11.7. The molecule has 0 aliphatic rings. The van der Waals surface area contributed by atoms with Crippen molar-refractivity contribution in [1.82, 2.24) is 15.1 Å². The van der Waals surface area contributed by atoms with Gasteiger partial charge in [0.05, 0.1) is 18.0 Å². The quantitative estimate of drug-likeness (QED) is 0.302. The molecule has 1 atom stereocenters. The Bertz CT molecular complexity index is 1420. The summed E-state index contributed by atoms with van der Waals surface area (Å²) < 4.78 is 7.29. The van der Waals surface area contributed by atoms with Crippen LogP contribution in [0.4, 0.5) is 0 Å².